The number of benzene rings is 6. The molecule has 0 bridgehead atoms. The van der Waals surface area contributed by atoms with E-state index in [1.807, 2.05) is 37.3 Å². The molecule has 2 aliphatic carbocycles. The van der Waals surface area contributed by atoms with Gasteiger partial charge in [0, 0.05) is 87.9 Å². The molecule has 0 aromatic heterocycles. The lowest BCUT2D eigenvalue weighted by molar-refractivity contribution is -0.144. The summed E-state index contributed by atoms with van der Waals surface area (Å²) in [6.07, 6.45) is 2.10. The van der Waals surface area contributed by atoms with Crippen LogP contribution in [0, 0.1) is 12.7 Å². The van der Waals surface area contributed by atoms with Gasteiger partial charge in [0.25, 0.3) is 0 Å². The van der Waals surface area contributed by atoms with E-state index in [1.165, 1.54) is 49.7 Å². The van der Waals surface area contributed by atoms with E-state index in [9.17, 15) is 28.8 Å². The second-order valence-corrected chi connectivity index (χ2v) is 20.1. The molecule has 8 rings (SSSR count). The molecule has 0 aliphatic heterocycles. The average molecular weight is 1080 g/mol. The summed E-state index contributed by atoms with van der Waals surface area (Å²) in [5, 5.41) is 0. The molecule has 80 heavy (non-hydrogen) atoms. The van der Waals surface area contributed by atoms with Crippen molar-refractivity contribution >= 4 is 35.8 Å². The molecule has 2 unspecified atom stereocenters. The highest BCUT2D eigenvalue weighted by Crippen LogP contribution is 2.40. The van der Waals surface area contributed by atoms with E-state index < -0.39 is 35.7 Å². The van der Waals surface area contributed by atoms with Gasteiger partial charge in [0.2, 0.25) is 0 Å². The molecule has 0 fully saturated rings. The molecule has 13 heteroatoms. The van der Waals surface area contributed by atoms with Crippen LogP contribution < -0.4 is 18.9 Å². The van der Waals surface area contributed by atoms with Crippen LogP contribution in [0.5, 0.6) is 23.0 Å². The van der Waals surface area contributed by atoms with E-state index in [1.54, 1.807) is 52.0 Å². The Kier molecular flexibility index (Phi) is 18.1. The third-order valence-corrected chi connectivity index (χ3v) is 13.0. The Labute approximate surface area is 465 Å². The molecule has 0 spiro atoms. The van der Waals surface area contributed by atoms with Gasteiger partial charge in [-0.2, -0.15) is 0 Å². The Morgan fingerprint density at radius 1 is 0.375 bits per heavy atom. The number of halogens is 1. The number of rotatable bonds is 16. The van der Waals surface area contributed by atoms with E-state index in [-0.39, 0.29) is 69.0 Å². The number of hydrogen-bond donors (Lipinski definition) is 0. The van der Waals surface area contributed by atoms with E-state index in [2.05, 4.69) is 63.7 Å². The Hall–Kier alpha value is -9.49. The number of ether oxygens (including phenoxy) is 6. The van der Waals surface area contributed by atoms with Gasteiger partial charge in [-0.15, -0.1) is 0 Å². The number of carbonyl (C=O) groups is 6. The van der Waals surface area contributed by atoms with Gasteiger partial charge in [-0.25, -0.2) is 33.2 Å². The molecule has 408 valence electrons. The van der Waals surface area contributed by atoms with E-state index in [0.717, 1.165) is 44.5 Å². The Balaban J connectivity index is 0.000000231. The predicted molar refractivity (Wildman–Crippen MR) is 305 cm³/mol. The Bertz CT molecular complexity index is 3390. The highest BCUT2D eigenvalue weighted by Gasteiger charge is 2.28. The van der Waals surface area contributed by atoms with Crippen molar-refractivity contribution in [3.05, 3.63) is 216 Å². The molecule has 0 N–H and O–H groups in total. The summed E-state index contributed by atoms with van der Waals surface area (Å²) >= 11 is 0. The maximum atomic E-state index is 15.5. The van der Waals surface area contributed by atoms with Gasteiger partial charge in [0.05, 0.1) is 0 Å². The summed E-state index contributed by atoms with van der Waals surface area (Å²) in [7, 11) is 0. The molecular formula is C67H61FO12. The third-order valence-electron chi connectivity index (χ3n) is 13.0. The molecule has 0 saturated carbocycles. The van der Waals surface area contributed by atoms with Gasteiger partial charge in [-0.1, -0.05) is 106 Å². The Morgan fingerprint density at radius 3 is 1.09 bits per heavy atom. The number of fused-ring (bicyclic) bond motifs is 2. The molecule has 0 heterocycles. The number of esters is 6. The largest absolute Gasteiger partial charge is 0.458 e. The number of carbonyl (C=O) groups excluding carboxylic acids is 6. The summed E-state index contributed by atoms with van der Waals surface area (Å²) in [6.45, 7) is 33.1. The lowest BCUT2D eigenvalue weighted by Crippen LogP contribution is -2.18. The zero-order chi connectivity index (χ0) is 58.3. The van der Waals surface area contributed by atoms with Crippen molar-refractivity contribution in [3.8, 4) is 67.5 Å². The zero-order valence-corrected chi connectivity index (χ0v) is 45.9. The molecule has 2 atom stereocenters. The molecule has 12 nitrogen and oxygen atoms in total. The van der Waals surface area contributed by atoms with Crippen molar-refractivity contribution in [3.63, 3.8) is 0 Å². The molecule has 2 aliphatic rings. The fourth-order valence-corrected chi connectivity index (χ4v) is 8.75. The quantitative estimate of drug-likeness (QED) is 0.0514. The van der Waals surface area contributed by atoms with Crippen LogP contribution >= 0.6 is 0 Å². The monoisotopic (exact) mass is 1080 g/mol. The van der Waals surface area contributed by atoms with E-state index in [4.69, 9.17) is 28.4 Å². The SMILES string of the molecule is C=C(C)C(=O)Oc1ccc(-c2ccc(-c3ccc4c(c3)CC(OC(=O)C(=C)C)C4)cc2C)c(OC(=O)C(=C)C)c1.C=C(C)C(=O)Oc1ccc(-c2ccc(-c3ccc4c(c3)CC(OC(=O)C(=C)C)C4)cc2F)c(OC(=O)C(=C)C)c1. The second-order valence-electron chi connectivity index (χ2n) is 20.1. The van der Waals surface area contributed by atoms with Crippen LogP contribution in [0.3, 0.4) is 0 Å². The van der Waals surface area contributed by atoms with Crippen molar-refractivity contribution in [2.45, 2.75) is 86.4 Å². The maximum absolute atomic E-state index is 15.5. The van der Waals surface area contributed by atoms with Crippen molar-refractivity contribution in [1.82, 2.24) is 0 Å². The van der Waals surface area contributed by atoms with E-state index >= 15 is 4.39 Å². The molecule has 0 saturated heterocycles. The predicted octanol–water partition coefficient (Wildman–Crippen LogP) is 13.6. The molecule has 6 aromatic carbocycles. The molecular weight excluding hydrogens is 1020 g/mol. The van der Waals surface area contributed by atoms with Crippen LogP contribution in [0.2, 0.25) is 0 Å². The van der Waals surface area contributed by atoms with Gasteiger partial charge < -0.3 is 28.4 Å². The van der Waals surface area contributed by atoms with Gasteiger partial charge in [0.1, 0.15) is 41.0 Å². The van der Waals surface area contributed by atoms with Gasteiger partial charge in [-0.05, 0) is 134 Å². The summed E-state index contributed by atoms with van der Waals surface area (Å²) < 4.78 is 48.3. The summed E-state index contributed by atoms with van der Waals surface area (Å²) in [6, 6.07) is 32.3. The van der Waals surface area contributed by atoms with Gasteiger partial charge in [0.15, 0.2) is 0 Å². The van der Waals surface area contributed by atoms with Crippen molar-refractivity contribution in [1.29, 1.82) is 0 Å². The maximum Gasteiger partial charge on any atom is 0.338 e. The van der Waals surface area contributed by atoms with Crippen LogP contribution in [0.1, 0.15) is 69.4 Å². The number of hydrogen-bond acceptors (Lipinski definition) is 12. The normalized spacial score (nSPS) is 13.7. The van der Waals surface area contributed by atoms with Crippen LogP contribution in [0.15, 0.2) is 182 Å². The second kappa shape index (κ2) is 24.9. The fraction of sp³-hybridized carbons (Fsp3) is 0.194. The van der Waals surface area contributed by atoms with Gasteiger partial charge >= 0.3 is 35.8 Å². The number of aryl methyl sites for hydroxylation is 1. The zero-order valence-electron chi connectivity index (χ0n) is 45.9. The van der Waals surface area contributed by atoms with Gasteiger partial charge in [-0.3, -0.25) is 0 Å². The van der Waals surface area contributed by atoms with Crippen LogP contribution in [0.4, 0.5) is 4.39 Å². The lowest BCUT2D eigenvalue weighted by Gasteiger charge is -2.15. The average Bonchev–Trinajstić information content (AvgIpc) is 4.04. The molecule has 0 radical (unpaired) electrons. The summed E-state index contributed by atoms with van der Waals surface area (Å²) in [4.78, 5) is 72.6. The first-order valence-corrected chi connectivity index (χ1v) is 25.5. The summed E-state index contributed by atoms with van der Waals surface area (Å²) in [5.41, 5.74) is 12.6. The molecule has 6 aromatic rings. The topological polar surface area (TPSA) is 158 Å². The van der Waals surface area contributed by atoms with Crippen LogP contribution in [-0.4, -0.2) is 48.0 Å². The highest BCUT2D eigenvalue weighted by molar-refractivity contribution is 5.93. The minimum Gasteiger partial charge on any atom is -0.458 e. The lowest BCUT2D eigenvalue weighted by atomic mass is 9.94. The fourth-order valence-electron chi connectivity index (χ4n) is 8.75. The minimum absolute atomic E-state index is 0.0135. The first-order chi connectivity index (χ1) is 37.8. The van der Waals surface area contributed by atoms with Crippen molar-refractivity contribution in [2.24, 2.45) is 0 Å². The third kappa shape index (κ3) is 14.2. The standard InChI is InChI=1S/C34H32O6.C33H29FO6/c1-19(2)32(35)38-27-11-13-30(31(18-27)40-34(37)21(5)6)29-12-10-23(14-22(29)7)24-8-9-25-16-28(17-26(25)15-24)39-33(36)20(3)4;1-18(2)31(35)38-25-10-12-28(30(17-25)40-33(37)20(5)6)27-11-9-23(16-29(27)34)21-7-8-22-14-26(15-24(22)13-21)39-32(36)19(3)4/h8-15,18,28H,1,3,5,16-17H2,2,4,6-7H3;7-13,16-17,26H,1,3,5,14-15H2,2,4,6H3. The first-order valence-electron chi connectivity index (χ1n) is 25.5. The smallest absolute Gasteiger partial charge is 0.338 e. The summed E-state index contributed by atoms with van der Waals surface area (Å²) in [5.74, 6) is -3.18. The van der Waals surface area contributed by atoms with E-state index in [0.29, 0.717) is 53.5 Å². The highest BCUT2D eigenvalue weighted by atomic mass is 19.1. The van der Waals surface area contributed by atoms with Crippen molar-refractivity contribution < 1.29 is 61.6 Å². The molecule has 0 amide bonds. The Morgan fingerprint density at radius 2 is 0.700 bits per heavy atom. The van der Waals surface area contributed by atoms with Crippen LogP contribution in [-0.2, 0) is 63.9 Å². The van der Waals surface area contributed by atoms with Crippen molar-refractivity contribution in [2.75, 3.05) is 0 Å². The van der Waals surface area contributed by atoms with Crippen LogP contribution in [0.25, 0.3) is 44.5 Å². The minimum atomic E-state index is -0.702. The first kappa shape index (κ1) is 58.2.